The van der Waals surface area contributed by atoms with Crippen LogP contribution in [-0.2, 0) is 0 Å². The Morgan fingerprint density at radius 3 is 1.59 bits per heavy atom. The number of rotatable bonds is 4. The van der Waals surface area contributed by atoms with Gasteiger partial charge in [-0.2, -0.15) is 0 Å². The zero-order valence-corrected chi connectivity index (χ0v) is 9.66. The van der Waals surface area contributed by atoms with Crippen molar-refractivity contribution in [2.75, 3.05) is 6.61 Å². The van der Waals surface area contributed by atoms with Gasteiger partial charge in [0.25, 0.3) is 0 Å². The summed E-state index contributed by atoms with van der Waals surface area (Å²) < 4.78 is 0. The third kappa shape index (κ3) is 2.73. The van der Waals surface area contributed by atoms with Crippen molar-refractivity contribution in [2.45, 2.75) is 12.0 Å². The van der Waals surface area contributed by atoms with Gasteiger partial charge in [0.2, 0.25) is 0 Å². The summed E-state index contributed by atoms with van der Waals surface area (Å²) in [6, 6.07) is 19.9. The molecule has 0 aliphatic carbocycles. The molecule has 0 fully saturated rings. The minimum atomic E-state index is -0.278. The fourth-order valence-electron chi connectivity index (χ4n) is 2.11. The molecule has 0 aliphatic heterocycles. The lowest BCUT2D eigenvalue weighted by molar-refractivity contribution is 0.256. The fourth-order valence-corrected chi connectivity index (χ4v) is 2.11. The Morgan fingerprint density at radius 1 is 0.824 bits per heavy atom. The van der Waals surface area contributed by atoms with Gasteiger partial charge in [-0.15, -0.1) is 0 Å². The van der Waals surface area contributed by atoms with Crippen LogP contribution in [0.25, 0.3) is 0 Å². The van der Waals surface area contributed by atoms with Crippen LogP contribution in [0.4, 0.5) is 0 Å². The second kappa shape index (κ2) is 5.62. The van der Waals surface area contributed by atoms with Crippen LogP contribution in [0.5, 0.6) is 0 Å². The molecule has 2 rings (SSSR count). The van der Waals surface area contributed by atoms with Crippen LogP contribution in [0, 0.1) is 0 Å². The minimum Gasteiger partial charge on any atom is -0.395 e. The van der Waals surface area contributed by atoms with Crippen LogP contribution in [0.1, 0.15) is 17.0 Å². The summed E-state index contributed by atoms with van der Waals surface area (Å²) >= 11 is 0. The quantitative estimate of drug-likeness (QED) is 0.840. The van der Waals surface area contributed by atoms with E-state index in [0.29, 0.717) is 0 Å². The smallest absolute Gasteiger partial charge is 0.0591 e. The maximum atomic E-state index is 9.30. The average molecular weight is 227 g/mol. The SMILES string of the molecule is NC(CO)C(c1ccccc1)c1ccccc1. The van der Waals surface area contributed by atoms with Gasteiger partial charge in [0, 0.05) is 12.0 Å². The molecule has 3 N–H and O–H groups in total. The largest absolute Gasteiger partial charge is 0.395 e. The maximum absolute atomic E-state index is 9.30. The summed E-state index contributed by atoms with van der Waals surface area (Å²) in [4.78, 5) is 0. The third-order valence-corrected chi connectivity index (χ3v) is 2.96. The summed E-state index contributed by atoms with van der Waals surface area (Å²) in [5.41, 5.74) is 8.31. The van der Waals surface area contributed by atoms with E-state index in [1.54, 1.807) is 0 Å². The Labute approximate surface area is 102 Å². The van der Waals surface area contributed by atoms with Crippen molar-refractivity contribution in [1.82, 2.24) is 0 Å². The van der Waals surface area contributed by atoms with Crippen LogP contribution in [0.15, 0.2) is 60.7 Å². The van der Waals surface area contributed by atoms with Crippen molar-refractivity contribution in [1.29, 1.82) is 0 Å². The number of hydrogen-bond acceptors (Lipinski definition) is 2. The highest BCUT2D eigenvalue weighted by Gasteiger charge is 2.20. The van der Waals surface area contributed by atoms with Crippen LogP contribution < -0.4 is 5.73 Å². The van der Waals surface area contributed by atoms with Gasteiger partial charge in [0.05, 0.1) is 6.61 Å². The first-order valence-corrected chi connectivity index (χ1v) is 5.79. The molecule has 2 aromatic carbocycles. The lowest BCUT2D eigenvalue weighted by Crippen LogP contribution is -2.32. The molecule has 0 saturated carbocycles. The molecule has 1 atom stereocenters. The Balaban J connectivity index is 2.39. The normalized spacial score (nSPS) is 12.6. The molecule has 2 aromatic rings. The predicted molar refractivity (Wildman–Crippen MR) is 69.8 cm³/mol. The average Bonchev–Trinajstić information content (AvgIpc) is 2.41. The zero-order valence-electron chi connectivity index (χ0n) is 9.66. The van der Waals surface area contributed by atoms with Crippen molar-refractivity contribution in [3.63, 3.8) is 0 Å². The van der Waals surface area contributed by atoms with Crippen LogP contribution in [-0.4, -0.2) is 17.8 Å². The second-order valence-electron chi connectivity index (χ2n) is 4.15. The van der Waals surface area contributed by atoms with E-state index >= 15 is 0 Å². The Morgan fingerprint density at radius 2 is 1.24 bits per heavy atom. The van der Waals surface area contributed by atoms with Crippen LogP contribution in [0.3, 0.4) is 0 Å². The maximum Gasteiger partial charge on any atom is 0.0591 e. The molecule has 88 valence electrons. The summed E-state index contributed by atoms with van der Waals surface area (Å²) in [5, 5.41) is 9.30. The number of benzene rings is 2. The van der Waals surface area contributed by atoms with E-state index in [9.17, 15) is 5.11 Å². The molecular weight excluding hydrogens is 210 g/mol. The van der Waals surface area contributed by atoms with Crippen molar-refractivity contribution in [3.8, 4) is 0 Å². The lowest BCUT2D eigenvalue weighted by atomic mass is 9.86. The van der Waals surface area contributed by atoms with E-state index in [0.717, 1.165) is 11.1 Å². The predicted octanol–water partition coefficient (Wildman–Crippen LogP) is 2.14. The minimum absolute atomic E-state index is 0.0194. The molecule has 0 amide bonds. The Kier molecular flexibility index (Phi) is 3.91. The van der Waals surface area contributed by atoms with E-state index in [4.69, 9.17) is 5.73 Å². The molecule has 0 radical (unpaired) electrons. The van der Waals surface area contributed by atoms with Gasteiger partial charge in [0.1, 0.15) is 0 Å². The van der Waals surface area contributed by atoms with E-state index in [-0.39, 0.29) is 18.6 Å². The summed E-state index contributed by atoms with van der Waals surface area (Å²) in [5.74, 6) is 0.0439. The van der Waals surface area contributed by atoms with Crippen molar-refractivity contribution in [3.05, 3.63) is 71.8 Å². The lowest BCUT2D eigenvalue weighted by Gasteiger charge is -2.23. The van der Waals surface area contributed by atoms with E-state index in [1.165, 1.54) is 0 Å². The highest BCUT2D eigenvalue weighted by molar-refractivity contribution is 5.34. The molecule has 0 aliphatic rings. The van der Waals surface area contributed by atoms with Crippen molar-refractivity contribution in [2.24, 2.45) is 5.73 Å². The molecule has 0 aromatic heterocycles. The molecule has 0 heterocycles. The van der Waals surface area contributed by atoms with Crippen molar-refractivity contribution >= 4 is 0 Å². The molecule has 2 heteroatoms. The van der Waals surface area contributed by atoms with Gasteiger partial charge >= 0.3 is 0 Å². The van der Waals surface area contributed by atoms with E-state index in [1.807, 2.05) is 60.7 Å². The molecular formula is C15H17NO. The first-order valence-electron chi connectivity index (χ1n) is 5.79. The first-order chi connectivity index (χ1) is 8.33. The Hall–Kier alpha value is -1.64. The number of nitrogens with two attached hydrogens (primary N) is 1. The fraction of sp³-hybridized carbons (Fsp3) is 0.200. The summed E-state index contributed by atoms with van der Waals surface area (Å²) in [7, 11) is 0. The van der Waals surface area contributed by atoms with E-state index in [2.05, 4.69) is 0 Å². The highest BCUT2D eigenvalue weighted by Crippen LogP contribution is 2.26. The summed E-state index contributed by atoms with van der Waals surface area (Å²) in [6.45, 7) is -0.0194. The molecule has 17 heavy (non-hydrogen) atoms. The van der Waals surface area contributed by atoms with Gasteiger partial charge in [0.15, 0.2) is 0 Å². The number of hydrogen-bond donors (Lipinski definition) is 2. The number of aliphatic hydroxyl groups excluding tert-OH is 1. The number of aliphatic hydroxyl groups is 1. The first kappa shape index (κ1) is 11.8. The van der Waals surface area contributed by atoms with Crippen LogP contribution in [0.2, 0.25) is 0 Å². The topological polar surface area (TPSA) is 46.2 Å². The third-order valence-electron chi connectivity index (χ3n) is 2.96. The van der Waals surface area contributed by atoms with Crippen LogP contribution >= 0.6 is 0 Å². The highest BCUT2D eigenvalue weighted by atomic mass is 16.3. The van der Waals surface area contributed by atoms with Gasteiger partial charge in [-0.1, -0.05) is 60.7 Å². The monoisotopic (exact) mass is 227 g/mol. The molecule has 2 nitrogen and oxygen atoms in total. The molecule has 1 unspecified atom stereocenters. The van der Waals surface area contributed by atoms with Crippen molar-refractivity contribution < 1.29 is 5.11 Å². The molecule has 0 bridgehead atoms. The second-order valence-corrected chi connectivity index (χ2v) is 4.15. The van der Waals surface area contributed by atoms with Gasteiger partial charge in [-0.05, 0) is 11.1 Å². The summed E-state index contributed by atoms with van der Waals surface area (Å²) in [6.07, 6.45) is 0. The van der Waals surface area contributed by atoms with Gasteiger partial charge < -0.3 is 10.8 Å². The van der Waals surface area contributed by atoms with E-state index < -0.39 is 0 Å². The standard InChI is InChI=1S/C15H17NO/c16-14(11-17)15(12-7-3-1-4-8-12)13-9-5-2-6-10-13/h1-10,14-15,17H,11,16H2. The zero-order chi connectivity index (χ0) is 12.1. The van der Waals surface area contributed by atoms with Gasteiger partial charge in [-0.3, -0.25) is 0 Å². The van der Waals surface area contributed by atoms with Gasteiger partial charge in [-0.25, -0.2) is 0 Å². The Bertz CT molecular complexity index is 401. The molecule has 0 saturated heterocycles. The molecule has 0 spiro atoms.